The molecule has 1 saturated heterocycles. The van der Waals surface area contributed by atoms with Gasteiger partial charge in [-0.05, 0) is 32.5 Å². The van der Waals surface area contributed by atoms with Crippen molar-refractivity contribution in [2.24, 2.45) is 7.05 Å². The van der Waals surface area contributed by atoms with Crippen LogP contribution in [0.2, 0.25) is 0 Å². The van der Waals surface area contributed by atoms with Crippen LogP contribution in [0, 0.1) is 6.92 Å². The summed E-state index contributed by atoms with van der Waals surface area (Å²) >= 11 is 0. The molecule has 1 aliphatic rings. The Balaban J connectivity index is 1.49. The molecule has 0 spiro atoms. The van der Waals surface area contributed by atoms with Gasteiger partial charge in [-0.3, -0.25) is 14.5 Å². The van der Waals surface area contributed by atoms with Crippen molar-refractivity contribution in [3.63, 3.8) is 0 Å². The number of hydrogen-bond donors (Lipinski definition) is 2. The van der Waals surface area contributed by atoms with Gasteiger partial charge in [-0.15, -0.1) is 0 Å². The van der Waals surface area contributed by atoms with E-state index in [2.05, 4.69) is 44.2 Å². The third-order valence-corrected chi connectivity index (χ3v) is 5.79. The number of aryl methyl sites for hydroxylation is 2. The van der Waals surface area contributed by atoms with E-state index in [1.807, 2.05) is 18.2 Å². The highest BCUT2D eigenvalue weighted by molar-refractivity contribution is 5.93. The molecule has 3 aromatic rings. The second-order valence-corrected chi connectivity index (χ2v) is 8.51. The van der Waals surface area contributed by atoms with Crippen molar-refractivity contribution in [2.75, 3.05) is 45.2 Å². The molecule has 176 valence electrons. The number of fused-ring (bicyclic) bond motifs is 1. The number of H-pyrrole nitrogens is 1. The Kier molecular flexibility index (Phi) is 6.87. The summed E-state index contributed by atoms with van der Waals surface area (Å²) in [7, 11) is 3.83. The van der Waals surface area contributed by atoms with Crippen LogP contribution in [-0.4, -0.2) is 81.5 Å². The predicted molar refractivity (Wildman–Crippen MR) is 127 cm³/mol. The molecule has 1 amide bonds. The van der Waals surface area contributed by atoms with E-state index in [4.69, 9.17) is 4.74 Å². The second-order valence-electron chi connectivity index (χ2n) is 8.51. The molecule has 1 aliphatic heterocycles. The van der Waals surface area contributed by atoms with Crippen LogP contribution in [-0.2, 0) is 16.6 Å². The molecule has 0 aliphatic carbocycles. The van der Waals surface area contributed by atoms with E-state index in [0.717, 1.165) is 26.1 Å². The van der Waals surface area contributed by atoms with E-state index in [1.54, 1.807) is 24.7 Å². The number of rotatable bonds is 7. The Morgan fingerprint density at radius 1 is 1.30 bits per heavy atom. The maximum absolute atomic E-state index is 12.8. The Hall–Kier alpha value is -3.08. The van der Waals surface area contributed by atoms with Crippen molar-refractivity contribution >= 4 is 22.6 Å². The minimum atomic E-state index is -0.233. The number of ether oxygens (including phenoxy) is 1. The number of amides is 1. The zero-order chi connectivity index (χ0) is 23.5. The lowest BCUT2D eigenvalue weighted by Gasteiger charge is -2.39. The minimum absolute atomic E-state index is 0.0934. The first-order chi connectivity index (χ1) is 15.9. The fourth-order valence-corrected chi connectivity index (χ4v) is 4.12. The Morgan fingerprint density at radius 3 is 2.91 bits per heavy atom. The summed E-state index contributed by atoms with van der Waals surface area (Å²) in [6, 6.07) is 7.30. The van der Waals surface area contributed by atoms with Gasteiger partial charge in [0, 0.05) is 44.5 Å². The molecule has 1 aromatic carbocycles. The molecule has 0 bridgehead atoms. The highest BCUT2D eigenvalue weighted by Crippen LogP contribution is 2.21. The fraction of sp³-hybridized carbons (Fsp3) is 0.478. The number of nitrogens with zero attached hydrogens (tertiary/aromatic N) is 5. The quantitative estimate of drug-likeness (QED) is 0.559. The van der Waals surface area contributed by atoms with Crippen molar-refractivity contribution in [1.29, 1.82) is 0 Å². The standard InChI is InChI=1S/C23H31N7O3/c1-5-11-33-19-14-28(3)9-10-30(19)13-18(31)24-17-8-6-7-16(12-17)21-25-22-20(23(32)26-21)15(2)27-29(22)4/h6-8,12,19H,5,9-11,13-14H2,1-4H3,(H,24,31)(H,25,26,32). The first kappa shape index (κ1) is 23.1. The summed E-state index contributed by atoms with van der Waals surface area (Å²) in [6.45, 7) is 7.22. The zero-order valence-electron chi connectivity index (χ0n) is 19.6. The van der Waals surface area contributed by atoms with Crippen LogP contribution in [0.3, 0.4) is 0 Å². The van der Waals surface area contributed by atoms with Gasteiger partial charge in [-0.2, -0.15) is 5.10 Å². The maximum Gasteiger partial charge on any atom is 0.262 e. The zero-order valence-corrected chi connectivity index (χ0v) is 19.6. The van der Waals surface area contributed by atoms with Gasteiger partial charge in [0.2, 0.25) is 5.91 Å². The third kappa shape index (κ3) is 5.13. The van der Waals surface area contributed by atoms with E-state index >= 15 is 0 Å². The first-order valence-electron chi connectivity index (χ1n) is 11.2. The number of carbonyl (C=O) groups is 1. The van der Waals surface area contributed by atoms with Crippen molar-refractivity contribution in [1.82, 2.24) is 29.5 Å². The highest BCUT2D eigenvalue weighted by Gasteiger charge is 2.27. The maximum atomic E-state index is 12.8. The second kappa shape index (κ2) is 9.82. The molecule has 3 heterocycles. The number of aromatic nitrogens is 4. The summed E-state index contributed by atoms with van der Waals surface area (Å²) in [5.41, 5.74) is 2.27. The van der Waals surface area contributed by atoms with E-state index in [-0.39, 0.29) is 24.2 Å². The van der Waals surface area contributed by atoms with Gasteiger partial charge in [0.1, 0.15) is 17.4 Å². The number of likely N-dealkylation sites (N-methyl/N-ethyl adjacent to an activating group) is 1. The number of nitrogens with one attached hydrogen (secondary N) is 2. The number of benzene rings is 1. The average molecular weight is 454 g/mol. The smallest absolute Gasteiger partial charge is 0.262 e. The molecule has 1 fully saturated rings. The van der Waals surface area contributed by atoms with Crippen LogP contribution in [0.25, 0.3) is 22.4 Å². The molecule has 2 N–H and O–H groups in total. The van der Waals surface area contributed by atoms with Crippen LogP contribution in [0.15, 0.2) is 29.1 Å². The van der Waals surface area contributed by atoms with Crippen LogP contribution < -0.4 is 10.9 Å². The summed E-state index contributed by atoms with van der Waals surface area (Å²) in [5.74, 6) is 0.319. The molecule has 2 aromatic heterocycles. The summed E-state index contributed by atoms with van der Waals surface area (Å²) in [5, 5.41) is 7.74. The van der Waals surface area contributed by atoms with Gasteiger partial charge in [0.15, 0.2) is 5.65 Å². The lowest BCUT2D eigenvalue weighted by molar-refractivity contribution is -0.128. The van der Waals surface area contributed by atoms with Crippen molar-refractivity contribution in [3.8, 4) is 11.4 Å². The molecule has 10 nitrogen and oxygen atoms in total. The molecule has 1 atom stereocenters. The molecular formula is C23H31N7O3. The van der Waals surface area contributed by atoms with Gasteiger partial charge < -0.3 is 19.9 Å². The molecule has 4 rings (SSSR count). The highest BCUT2D eigenvalue weighted by atomic mass is 16.5. The fourth-order valence-electron chi connectivity index (χ4n) is 4.12. The SMILES string of the molecule is CCCOC1CN(C)CCN1CC(=O)Nc1cccc(-c2nc3c(c(C)nn3C)c(=O)[nH]2)c1. The molecular weight excluding hydrogens is 422 g/mol. The van der Waals surface area contributed by atoms with E-state index in [0.29, 0.717) is 40.4 Å². The predicted octanol–water partition coefficient (Wildman–Crippen LogP) is 1.57. The van der Waals surface area contributed by atoms with Gasteiger partial charge in [0.05, 0.1) is 12.2 Å². The Labute approximate surface area is 192 Å². The van der Waals surface area contributed by atoms with Crippen LogP contribution in [0.1, 0.15) is 19.0 Å². The largest absolute Gasteiger partial charge is 0.362 e. The van der Waals surface area contributed by atoms with Crippen LogP contribution >= 0.6 is 0 Å². The summed E-state index contributed by atoms with van der Waals surface area (Å²) in [4.78, 5) is 37.1. The number of anilines is 1. The van der Waals surface area contributed by atoms with Crippen LogP contribution in [0.5, 0.6) is 0 Å². The molecule has 0 saturated carbocycles. The van der Waals surface area contributed by atoms with Crippen molar-refractivity contribution in [3.05, 3.63) is 40.3 Å². The normalized spacial score (nSPS) is 17.5. The molecule has 10 heteroatoms. The summed E-state index contributed by atoms with van der Waals surface area (Å²) in [6.07, 6.45) is 0.844. The Morgan fingerprint density at radius 2 is 2.12 bits per heavy atom. The monoisotopic (exact) mass is 453 g/mol. The molecule has 1 unspecified atom stereocenters. The number of piperazine rings is 1. The number of carbonyl (C=O) groups excluding carboxylic acids is 1. The minimum Gasteiger partial charge on any atom is -0.362 e. The van der Waals surface area contributed by atoms with Gasteiger partial charge in [-0.25, -0.2) is 9.67 Å². The van der Waals surface area contributed by atoms with E-state index < -0.39 is 0 Å². The Bertz CT molecular complexity index is 1200. The molecule has 0 radical (unpaired) electrons. The van der Waals surface area contributed by atoms with Crippen molar-refractivity contribution < 1.29 is 9.53 Å². The van der Waals surface area contributed by atoms with E-state index in [9.17, 15) is 9.59 Å². The number of aromatic amines is 1. The topological polar surface area (TPSA) is 108 Å². The van der Waals surface area contributed by atoms with Crippen LogP contribution in [0.4, 0.5) is 5.69 Å². The lowest BCUT2D eigenvalue weighted by Crippen LogP contribution is -2.54. The molecule has 33 heavy (non-hydrogen) atoms. The van der Waals surface area contributed by atoms with Gasteiger partial charge >= 0.3 is 0 Å². The summed E-state index contributed by atoms with van der Waals surface area (Å²) < 4.78 is 7.56. The van der Waals surface area contributed by atoms with E-state index in [1.165, 1.54) is 0 Å². The first-order valence-corrected chi connectivity index (χ1v) is 11.2. The average Bonchev–Trinajstić information content (AvgIpc) is 3.07. The number of hydrogen-bond acceptors (Lipinski definition) is 7. The van der Waals surface area contributed by atoms with Gasteiger partial charge in [-0.1, -0.05) is 19.1 Å². The van der Waals surface area contributed by atoms with Crippen molar-refractivity contribution in [2.45, 2.75) is 26.5 Å². The third-order valence-electron chi connectivity index (χ3n) is 5.79. The lowest BCUT2D eigenvalue weighted by atomic mass is 10.2. The van der Waals surface area contributed by atoms with Gasteiger partial charge in [0.25, 0.3) is 5.56 Å².